The van der Waals surface area contributed by atoms with Gasteiger partial charge in [-0.05, 0) is 26.2 Å². The first kappa shape index (κ1) is 12.7. The number of hydrogen-bond donors (Lipinski definition) is 1. The highest BCUT2D eigenvalue weighted by Crippen LogP contribution is 2.09. The highest BCUT2D eigenvalue weighted by molar-refractivity contribution is 5.66. The van der Waals surface area contributed by atoms with E-state index in [1.54, 1.807) is 6.08 Å². The third-order valence-electron chi connectivity index (χ3n) is 1.98. The van der Waals surface area contributed by atoms with Crippen LogP contribution >= 0.6 is 0 Å². The molecular weight excluding hydrogens is 176 g/mol. The summed E-state index contributed by atoms with van der Waals surface area (Å²) < 4.78 is 0. The standard InChI is InChI=1S/C12H18O2/c1-4-10(2)6-5-7-11(3)8-9-12(13)14/h4,7H,1-2,5-6,8-9H2,3H3,(H,13,14). The molecular formula is C12H18O2. The summed E-state index contributed by atoms with van der Waals surface area (Å²) in [5.74, 6) is -0.742. The molecule has 0 atom stereocenters. The first-order valence-corrected chi connectivity index (χ1v) is 4.74. The maximum Gasteiger partial charge on any atom is 0.303 e. The van der Waals surface area contributed by atoms with Crippen molar-refractivity contribution in [2.75, 3.05) is 0 Å². The van der Waals surface area contributed by atoms with Gasteiger partial charge in [-0.25, -0.2) is 0 Å². The number of rotatable bonds is 7. The lowest BCUT2D eigenvalue weighted by atomic mass is 10.1. The van der Waals surface area contributed by atoms with Gasteiger partial charge < -0.3 is 5.11 Å². The minimum atomic E-state index is -0.742. The van der Waals surface area contributed by atoms with E-state index in [9.17, 15) is 4.79 Å². The first-order chi connectivity index (χ1) is 6.56. The molecule has 0 spiro atoms. The van der Waals surface area contributed by atoms with Crippen LogP contribution in [0.4, 0.5) is 0 Å². The number of allylic oxidation sites excluding steroid dienone is 4. The molecule has 0 rings (SSSR count). The highest BCUT2D eigenvalue weighted by Gasteiger charge is 1.97. The molecule has 78 valence electrons. The normalized spacial score (nSPS) is 11.1. The Balaban J connectivity index is 3.71. The molecule has 0 saturated carbocycles. The maximum atomic E-state index is 10.3. The molecule has 0 bridgehead atoms. The van der Waals surface area contributed by atoms with E-state index in [1.807, 2.05) is 6.92 Å². The smallest absolute Gasteiger partial charge is 0.303 e. The number of hydrogen-bond acceptors (Lipinski definition) is 1. The van der Waals surface area contributed by atoms with Crippen molar-refractivity contribution in [3.63, 3.8) is 0 Å². The van der Waals surface area contributed by atoms with Gasteiger partial charge in [-0.3, -0.25) is 4.79 Å². The average molecular weight is 194 g/mol. The molecule has 0 radical (unpaired) electrons. The SMILES string of the molecule is C=CC(=C)CCC=C(C)CCC(=O)O. The van der Waals surface area contributed by atoms with E-state index in [0.717, 1.165) is 24.0 Å². The van der Waals surface area contributed by atoms with Crippen LogP contribution in [0.3, 0.4) is 0 Å². The summed E-state index contributed by atoms with van der Waals surface area (Å²) in [6.07, 6.45) is 6.48. The van der Waals surface area contributed by atoms with Gasteiger partial charge in [0.1, 0.15) is 0 Å². The molecule has 0 unspecified atom stereocenters. The van der Waals surface area contributed by atoms with Crippen LogP contribution in [0.1, 0.15) is 32.6 Å². The molecule has 0 aliphatic carbocycles. The number of carbonyl (C=O) groups is 1. The Morgan fingerprint density at radius 2 is 2.00 bits per heavy atom. The van der Waals surface area contributed by atoms with E-state index < -0.39 is 5.97 Å². The summed E-state index contributed by atoms with van der Waals surface area (Å²) >= 11 is 0. The summed E-state index contributed by atoms with van der Waals surface area (Å²) in [7, 11) is 0. The van der Waals surface area contributed by atoms with Crippen LogP contribution in [0.25, 0.3) is 0 Å². The zero-order valence-electron chi connectivity index (χ0n) is 8.75. The average Bonchev–Trinajstić information content (AvgIpc) is 2.14. The largest absolute Gasteiger partial charge is 0.481 e. The molecule has 0 aromatic heterocycles. The van der Waals surface area contributed by atoms with Gasteiger partial charge in [-0.1, -0.05) is 36.5 Å². The predicted octanol–water partition coefficient (Wildman–Crippen LogP) is 3.32. The summed E-state index contributed by atoms with van der Waals surface area (Å²) in [4.78, 5) is 10.3. The van der Waals surface area contributed by atoms with Gasteiger partial charge in [0, 0.05) is 6.42 Å². The van der Waals surface area contributed by atoms with Gasteiger partial charge in [0.25, 0.3) is 0 Å². The van der Waals surface area contributed by atoms with E-state index in [1.165, 1.54) is 0 Å². The summed E-state index contributed by atoms with van der Waals surface area (Å²) in [6.45, 7) is 9.38. The lowest BCUT2D eigenvalue weighted by Gasteiger charge is -1.99. The minimum Gasteiger partial charge on any atom is -0.481 e. The van der Waals surface area contributed by atoms with Crippen molar-refractivity contribution >= 4 is 5.97 Å². The van der Waals surface area contributed by atoms with Crippen LogP contribution in [0.15, 0.2) is 36.5 Å². The lowest BCUT2D eigenvalue weighted by molar-refractivity contribution is -0.136. The molecule has 2 nitrogen and oxygen atoms in total. The van der Waals surface area contributed by atoms with Gasteiger partial charge >= 0.3 is 5.97 Å². The third-order valence-corrected chi connectivity index (χ3v) is 1.98. The van der Waals surface area contributed by atoms with Gasteiger partial charge in [0.15, 0.2) is 0 Å². The zero-order valence-corrected chi connectivity index (χ0v) is 8.75. The summed E-state index contributed by atoms with van der Waals surface area (Å²) in [5.41, 5.74) is 2.15. The minimum absolute atomic E-state index is 0.213. The number of carboxylic acids is 1. The summed E-state index contributed by atoms with van der Waals surface area (Å²) in [6, 6.07) is 0. The van der Waals surface area contributed by atoms with E-state index in [-0.39, 0.29) is 6.42 Å². The van der Waals surface area contributed by atoms with Crippen LogP contribution in [0, 0.1) is 0 Å². The Morgan fingerprint density at radius 1 is 1.36 bits per heavy atom. The zero-order chi connectivity index (χ0) is 11.0. The first-order valence-electron chi connectivity index (χ1n) is 4.74. The van der Waals surface area contributed by atoms with Gasteiger partial charge in [-0.2, -0.15) is 0 Å². The van der Waals surface area contributed by atoms with Gasteiger partial charge in [-0.15, -0.1) is 0 Å². The maximum absolute atomic E-state index is 10.3. The molecule has 0 aromatic carbocycles. The second-order valence-corrected chi connectivity index (χ2v) is 3.35. The monoisotopic (exact) mass is 194 g/mol. The second kappa shape index (κ2) is 7.13. The van der Waals surface area contributed by atoms with Crippen LogP contribution in [0.2, 0.25) is 0 Å². The van der Waals surface area contributed by atoms with Crippen LogP contribution in [-0.4, -0.2) is 11.1 Å². The fourth-order valence-electron chi connectivity index (χ4n) is 1.01. The summed E-state index contributed by atoms with van der Waals surface area (Å²) in [5, 5.41) is 8.46. The van der Waals surface area contributed by atoms with Crippen LogP contribution in [-0.2, 0) is 4.79 Å². The molecule has 1 N–H and O–H groups in total. The highest BCUT2D eigenvalue weighted by atomic mass is 16.4. The second-order valence-electron chi connectivity index (χ2n) is 3.35. The molecule has 0 amide bonds. The quantitative estimate of drug-likeness (QED) is 0.498. The molecule has 0 saturated heterocycles. The third kappa shape index (κ3) is 7.35. The van der Waals surface area contributed by atoms with Crippen molar-refractivity contribution in [2.45, 2.75) is 32.6 Å². The van der Waals surface area contributed by atoms with E-state index >= 15 is 0 Å². The molecule has 14 heavy (non-hydrogen) atoms. The van der Waals surface area contributed by atoms with Crippen molar-refractivity contribution in [1.29, 1.82) is 0 Å². The molecule has 0 aliphatic heterocycles. The Labute approximate surface area is 85.6 Å². The molecule has 0 aromatic rings. The van der Waals surface area contributed by atoms with Gasteiger partial charge in [0.2, 0.25) is 0 Å². The lowest BCUT2D eigenvalue weighted by Crippen LogP contribution is -1.94. The van der Waals surface area contributed by atoms with Crippen molar-refractivity contribution in [3.05, 3.63) is 36.5 Å². The Kier molecular flexibility index (Phi) is 6.46. The van der Waals surface area contributed by atoms with Crippen molar-refractivity contribution in [1.82, 2.24) is 0 Å². The molecule has 0 fully saturated rings. The Hall–Kier alpha value is -1.31. The number of carboxylic acid groups (broad SMARTS) is 1. The fourth-order valence-corrected chi connectivity index (χ4v) is 1.01. The molecule has 2 heteroatoms. The van der Waals surface area contributed by atoms with Crippen molar-refractivity contribution in [3.8, 4) is 0 Å². The fraction of sp³-hybridized carbons (Fsp3) is 0.417. The van der Waals surface area contributed by atoms with Crippen LogP contribution < -0.4 is 0 Å². The van der Waals surface area contributed by atoms with E-state index in [4.69, 9.17) is 5.11 Å². The van der Waals surface area contributed by atoms with Gasteiger partial charge in [0.05, 0.1) is 0 Å². The topological polar surface area (TPSA) is 37.3 Å². The molecule has 0 aliphatic rings. The molecule has 0 heterocycles. The Morgan fingerprint density at radius 3 is 2.50 bits per heavy atom. The number of aliphatic carboxylic acids is 1. The van der Waals surface area contributed by atoms with E-state index in [0.29, 0.717) is 6.42 Å². The Bertz CT molecular complexity index is 249. The predicted molar refractivity (Wildman–Crippen MR) is 59.2 cm³/mol. The van der Waals surface area contributed by atoms with E-state index in [2.05, 4.69) is 19.2 Å². The van der Waals surface area contributed by atoms with Crippen LogP contribution in [0.5, 0.6) is 0 Å². The van der Waals surface area contributed by atoms with Crippen molar-refractivity contribution < 1.29 is 9.90 Å². The van der Waals surface area contributed by atoms with Crippen molar-refractivity contribution in [2.24, 2.45) is 0 Å².